The maximum Gasteiger partial charge on any atom is 0.457 e. The molecule has 4 heteroatoms. The van der Waals surface area contributed by atoms with Crippen molar-refractivity contribution in [2.24, 2.45) is 0 Å². The Kier molecular flexibility index (Phi) is 2.11. The van der Waals surface area contributed by atoms with Crippen LogP contribution in [0.25, 0.3) is 0 Å². The molecule has 1 aliphatic heterocycles. The second-order valence-electron chi connectivity index (χ2n) is 2.11. The van der Waals surface area contributed by atoms with Gasteiger partial charge in [-0.3, -0.25) is 0 Å². The van der Waals surface area contributed by atoms with Gasteiger partial charge in [-0.15, -0.1) is 0 Å². The standard InChI is InChI=1S/C5H11BO3/c1-4-7-5(2)9-6(3)8-4/h4-5H,1-3H3. The third kappa shape index (κ3) is 1.97. The van der Waals surface area contributed by atoms with Crippen molar-refractivity contribution in [3.63, 3.8) is 0 Å². The molecule has 3 nitrogen and oxygen atoms in total. The Labute approximate surface area is 55.4 Å². The van der Waals surface area contributed by atoms with E-state index in [4.69, 9.17) is 14.0 Å². The van der Waals surface area contributed by atoms with Crippen LogP contribution in [0, 0.1) is 0 Å². The molecule has 1 heterocycles. The largest absolute Gasteiger partial charge is 0.457 e. The van der Waals surface area contributed by atoms with E-state index in [0.717, 1.165) is 0 Å². The summed E-state index contributed by atoms with van der Waals surface area (Å²) in [5, 5.41) is 0. The smallest absolute Gasteiger partial charge is 0.386 e. The van der Waals surface area contributed by atoms with Crippen LogP contribution < -0.4 is 0 Å². The van der Waals surface area contributed by atoms with Crippen LogP contribution >= 0.6 is 0 Å². The lowest BCUT2D eigenvalue weighted by atomic mass is 9.95. The van der Waals surface area contributed by atoms with Crippen LogP contribution in [-0.2, 0) is 14.0 Å². The molecule has 0 radical (unpaired) electrons. The summed E-state index contributed by atoms with van der Waals surface area (Å²) < 4.78 is 15.3. The molecule has 2 atom stereocenters. The van der Waals surface area contributed by atoms with Gasteiger partial charge < -0.3 is 14.0 Å². The van der Waals surface area contributed by atoms with Crippen molar-refractivity contribution in [1.29, 1.82) is 0 Å². The van der Waals surface area contributed by atoms with Crippen molar-refractivity contribution < 1.29 is 14.0 Å². The molecule has 0 bridgehead atoms. The van der Waals surface area contributed by atoms with Crippen LogP contribution in [0.3, 0.4) is 0 Å². The lowest BCUT2D eigenvalue weighted by Gasteiger charge is -2.28. The molecule has 1 rings (SSSR count). The zero-order valence-electron chi connectivity index (χ0n) is 5.96. The lowest BCUT2D eigenvalue weighted by molar-refractivity contribution is -0.219. The quantitative estimate of drug-likeness (QED) is 0.455. The van der Waals surface area contributed by atoms with Gasteiger partial charge in [0.1, 0.15) is 12.6 Å². The van der Waals surface area contributed by atoms with Crippen molar-refractivity contribution in [3.8, 4) is 0 Å². The van der Waals surface area contributed by atoms with E-state index in [2.05, 4.69) is 0 Å². The van der Waals surface area contributed by atoms with E-state index in [1.807, 2.05) is 20.7 Å². The molecule has 9 heavy (non-hydrogen) atoms. The fourth-order valence-corrected chi connectivity index (χ4v) is 0.906. The van der Waals surface area contributed by atoms with Crippen LogP contribution in [0.1, 0.15) is 13.8 Å². The van der Waals surface area contributed by atoms with Gasteiger partial charge in [0.05, 0.1) is 0 Å². The number of hydrogen-bond acceptors (Lipinski definition) is 3. The second-order valence-corrected chi connectivity index (χ2v) is 2.11. The molecule has 0 saturated carbocycles. The molecular weight excluding hydrogens is 119 g/mol. The van der Waals surface area contributed by atoms with Crippen molar-refractivity contribution >= 4 is 7.12 Å². The highest BCUT2D eigenvalue weighted by Gasteiger charge is 2.25. The maximum absolute atomic E-state index is 5.11. The minimum absolute atomic E-state index is 0.135. The average molecular weight is 130 g/mol. The fraction of sp³-hybridized carbons (Fsp3) is 1.00. The molecule has 2 unspecified atom stereocenters. The van der Waals surface area contributed by atoms with E-state index < -0.39 is 0 Å². The predicted molar refractivity (Wildman–Crippen MR) is 33.8 cm³/mol. The predicted octanol–water partition coefficient (Wildman–Crippen LogP) is 0.860. The molecule has 0 aromatic carbocycles. The first kappa shape index (κ1) is 7.06. The molecule has 1 fully saturated rings. The van der Waals surface area contributed by atoms with Crippen LogP contribution in [-0.4, -0.2) is 19.7 Å². The van der Waals surface area contributed by atoms with E-state index >= 15 is 0 Å². The summed E-state index contributed by atoms with van der Waals surface area (Å²) in [4.78, 5) is 0. The molecule has 0 aromatic heterocycles. The third-order valence-electron chi connectivity index (χ3n) is 1.15. The van der Waals surface area contributed by atoms with E-state index in [0.29, 0.717) is 0 Å². The Morgan fingerprint density at radius 1 is 1.11 bits per heavy atom. The Morgan fingerprint density at radius 2 is 1.56 bits per heavy atom. The molecular formula is C5H11BO3. The lowest BCUT2D eigenvalue weighted by Crippen LogP contribution is -2.38. The van der Waals surface area contributed by atoms with Crippen LogP contribution in [0.4, 0.5) is 0 Å². The summed E-state index contributed by atoms with van der Waals surface area (Å²) in [5.74, 6) is 0. The summed E-state index contributed by atoms with van der Waals surface area (Å²) in [7, 11) is -0.135. The van der Waals surface area contributed by atoms with E-state index in [9.17, 15) is 0 Å². The minimum atomic E-state index is -0.135. The Bertz CT molecular complexity index is 73.2. The summed E-state index contributed by atoms with van der Waals surface area (Å²) >= 11 is 0. The SMILES string of the molecule is CB1OC(C)OC(C)O1. The zero-order chi connectivity index (χ0) is 6.85. The highest BCUT2D eigenvalue weighted by Crippen LogP contribution is 2.11. The molecule has 1 aliphatic rings. The van der Waals surface area contributed by atoms with Gasteiger partial charge in [-0.25, -0.2) is 0 Å². The summed E-state index contributed by atoms with van der Waals surface area (Å²) in [6.45, 7) is 5.57. The van der Waals surface area contributed by atoms with Gasteiger partial charge in [-0.2, -0.15) is 0 Å². The van der Waals surface area contributed by atoms with E-state index in [1.165, 1.54) is 0 Å². The Hall–Kier alpha value is -0.0551. The van der Waals surface area contributed by atoms with E-state index in [1.54, 1.807) is 0 Å². The van der Waals surface area contributed by atoms with Gasteiger partial charge in [0.2, 0.25) is 0 Å². The highest BCUT2D eigenvalue weighted by atomic mass is 16.8. The number of hydrogen-bond donors (Lipinski definition) is 0. The van der Waals surface area contributed by atoms with Crippen molar-refractivity contribution in [3.05, 3.63) is 0 Å². The Morgan fingerprint density at radius 3 is 1.89 bits per heavy atom. The summed E-state index contributed by atoms with van der Waals surface area (Å²) in [6.07, 6.45) is -0.271. The molecule has 0 spiro atoms. The highest BCUT2D eigenvalue weighted by molar-refractivity contribution is 6.42. The summed E-state index contributed by atoms with van der Waals surface area (Å²) in [5.41, 5.74) is 0. The average Bonchev–Trinajstić information content (AvgIpc) is 1.59. The minimum Gasteiger partial charge on any atom is -0.386 e. The number of rotatable bonds is 0. The maximum atomic E-state index is 5.11. The topological polar surface area (TPSA) is 27.7 Å². The molecule has 1 saturated heterocycles. The van der Waals surface area contributed by atoms with Crippen LogP contribution in [0.2, 0.25) is 6.82 Å². The first-order valence-corrected chi connectivity index (χ1v) is 3.15. The normalized spacial score (nSPS) is 37.0. The molecule has 0 aromatic rings. The third-order valence-corrected chi connectivity index (χ3v) is 1.15. The van der Waals surface area contributed by atoms with Gasteiger partial charge in [0.25, 0.3) is 0 Å². The molecule has 0 N–H and O–H groups in total. The van der Waals surface area contributed by atoms with Gasteiger partial charge in [-0.1, -0.05) is 0 Å². The van der Waals surface area contributed by atoms with E-state index in [-0.39, 0.29) is 19.7 Å². The fourth-order valence-electron chi connectivity index (χ4n) is 0.906. The van der Waals surface area contributed by atoms with Gasteiger partial charge in [0.15, 0.2) is 0 Å². The van der Waals surface area contributed by atoms with Crippen LogP contribution in [0.5, 0.6) is 0 Å². The molecule has 52 valence electrons. The first-order valence-electron chi connectivity index (χ1n) is 3.15. The number of ether oxygens (including phenoxy) is 1. The summed E-state index contributed by atoms with van der Waals surface area (Å²) in [6, 6.07) is 0. The van der Waals surface area contributed by atoms with Gasteiger partial charge in [0, 0.05) is 0 Å². The van der Waals surface area contributed by atoms with Crippen molar-refractivity contribution in [2.45, 2.75) is 33.3 Å². The van der Waals surface area contributed by atoms with Gasteiger partial charge >= 0.3 is 7.12 Å². The second kappa shape index (κ2) is 2.69. The monoisotopic (exact) mass is 130 g/mol. The van der Waals surface area contributed by atoms with Crippen molar-refractivity contribution in [2.75, 3.05) is 0 Å². The Balaban J connectivity index is 2.34. The van der Waals surface area contributed by atoms with Gasteiger partial charge in [-0.05, 0) is 20.7 Å². The first-order chi connectivity index (χ1) is 4.18. The van der Waals surface area contributed by atoms with Crippen molar-refractivity contribution in [1.82, 2.24) is 0 Å². The van der Waals surface area contributed by atoms with Crippen LogP contribution in [0.15, 0.2) is 0 Å². The molecule has 0 aliphatic carbocycles. The molecule has 0 amide bonds. The zero-order valence-corrected chi connectivity index (χ0v) is 5.96.